The van der Waals surface area contributed by atoms with Crippen molar-refractivity contribution in [3.05, 3.63) is 0 Å². The molecule has 0 aromatic heterocycles. The van der Waals surface area contributed by atoms with Crippen molar-refractivity contribution in [3.63, 3.8) is 0 Å². The molecule has 0 spiro atoms. The largest absolute Gasteiger partial charge is 0.381 e. The van der Waals surface area contributed by atoms with Gasteiger partial charge >= 0.3 is 0 Å². The zero-order valence-electron chi connectivity index (χ0n) is 9.94. The molecule has 14 heavy (non-hydrogen) atoms. The van der Waals surface area contributed by atoms with E-state index < -0.39 is 8.41 Å². The second-order valence-electron chi connectivity index (χ2n) is 4.50. The molecule has 0 aliphatic carbocycles. The van der Waals surface area contributed by atoms with Crippen LogP contribution in [0.2, 0.25) is 19.1 Å². The van der Waals surface area contributed by atoms with Gasteiger partial charge in [-0.15, -0.1) is 0 Å². The minimum Gasteiger partial charge on any atom is -0.381 e. The van der Waals surface area contributed by atoms with Crippen molar-refractivity contribution in [3.8, 4) is 0 Å². The fourth-order valence-corrected chi connectivity index (χ4v) is 2.40. The highest BCUT2D eigenvalue weighted by Gasteiger charge is 2.18. The fraction of sp³-hybridized carbons (Fsp3) is 1.00. The van der Waals surface area contributed by atoms with Crippen molar-refractivity contribution in [2.75, 3.05) is 13.2 Å². The quantitative estimate of drug-likeness (QED) is 0.322. The first kappa shape index (κ1) is 14.1. The van der Waals surface area contributed by atoms with Gasteiger partial charge in [-0.25, -0.2) is 0 Å². The van der Waals surface area contributed by atoms with Gasteiger partial charge in [-0.1, -0.05) is 26.2 Å². The molecule has 86 valence electrons. The van der Waals surface area contributed by atoms with Crippen LogP contribution in [0.25, 0.3) is 0 Å². The summed E-state index contributed by atoms with van der Waals surface area (Å²) in [5.41, 5.74) is 0. The molecule has 0 fully saturated rings. The number of unbranched alkanes of at least 4 members (excludes halogenated alkanes) is 3. The van der Waals surface area contributed by atoms with E-state index in [0.29, 0.717) is 0 Å². The third kappa shape index (κ3) is 12.1. The van der Waals surface area contributed by atoms with Gasteiger partial charge in [-0.2, -0.15) is 0 Å². The maximum absolute atomic E-state index is 13.2. The van der Waals surface area contributed by atoms with E-state index in [-0.39, 0.29) is 0 Å². The van der Waals surface area contributed by atoms with Crippen LogP contribution in [0.4, 0.5) is 4.11 Å². The summed E-state index contributed by atoms with van der Waals surface area (Å²) in [6, 6.07) is 0.783. The lowest BCUT2D eigenvalue weighted by atomic mass is 10.3. The van der Waals surface area contributed by atoms with Crippen LogP contribution in [-0.2, 0) is 4.74 Å². The Balaban J connectivity index is 2.99. The molecule has 0 aliphatic heterocycles. The Labute approximate surface area is 89.2 Å². The summed E-state index contributed by atoms with van der Waals surface area (Å²) in [6.45, 7) is 7.43. The highest BCUT2D eigenvalue weighted by molar-refractivity contribution is 6.70. The standard InChI is InChI=1S/C11H25FOSi/c1-4-5-6-9-13-10-7-8-11-14(2,3)12/h4-11H2,1-3H3. The van der Waals surface area contributed by atoms with E-state index in [9.17, 15) is 4.11 Å². The third-order valence-electron chi connectivity index (χ3n) is 2.20. The van der Waals surface area contributed by atoms with Crippen molar-refractivity contribution < 1.29 is 8.84 Å². The molecule has 1 nitrogen and oxygen atoms in total. The molecule has 0 bridgehead atoms. The second-order valence-corrected chi connectivity index (χ2v) is 8.43. The molecule has 3 heteroatoms. The monoisotopic (exact) mass is 220 g/mol. The Kier molecular flexibility index (Phi) is 8.48. The highest BCUT2D eigenvalue weighted by Crippen LogP contribution is 2.14. The van der Waals surface area contributed by atoms with Gasteiger partial charge in [0, 0.05) is 13.2 Å². The zero-order chi connectivity index (χ0) is 10.9. The van der Waals surface area contributed by atoms with E-state index in [1.54, 1.807) is 13.1 Å². The van der Waals surface area contributed by atoms with Crippen molar-refractivity contribution in [2.24, 2.45) is 0 Å². The van der Waals surface area contributed by atoms with Gasteiger partial charge in [-0.05, 0) is 32.0 Å². The molecule has 0 saturated carbocycles. The van der Waals surface area contributed by atoms with E-state index >= 15 is 0 Å². The van der Waals surface area contributed by atoms with Gasteiger partial charge in [0.2, 0.25) is 8.41 Å². The zero-order valence-corrected chi connectivity index (χ0v) is 10.9. The smallest absolute Gasteiger partial charge is 0.240 e. The molecule has 0 unspecified atom stereocenters. The van der Waals surface area contributed by atoms with Crippen molar-refractivity contribution in [2.45, 2.75) is 58.2 Å². The van der Waals surface area contributed by atoms with Crippen molar-refractivity contribution in [1.29, 1.82) is 0 Å². The van der Waals surface area contributed by atoms with Crippen LogP contribution >= 0.6 is 0 Å². The van der Waals surface area contributed by atoms with Crippen LogP contribution in [0.3, 0.4) is 0 Å². The Morgan fingerprint density at radius 1 is 1.00 bits per heavy atom. The molecule has 0 heterocycles. The van der Waals surface area contributed by atoms with Crippen LogP contribution in [0.5, 0.6) is 0 Å². The topological polar surface area (TPSA) is 9.23 Å². The van der Waals surface area contributed by atoms with Gasteiger partial charge in [0.25, 0.3) is 0 Å². The SMILES string of the molecule is CCCCCOCCCC[Si](C)(C)F. The lowest BCUT2D eigenvalue weighted by Gasteiger charge is -2.10. The average molecular weight is 220 g/mol. The minimum absolute atomic E-state index is 0.783. The van der Waals surface area contributed by atoms with E-state index in [2.05, 4.69) is 6.92 Å². The molecule has 0 rings (SSSR count). The maximum Gasteiger partial charge on any atom is 0.240 e. The van der Waals surface area contributed by atoms with Gasteiger partial charge in [0.1, 0.15) is 0 Å². The Morgan fingerprint density at radius 3 is 2.07 bits per heavy atom. The molecular formula is C11H25FOSi. The van der Waals surface area contributed by atoms with Gasteiger partial charge in [-0.3, -0.25) is 0 Å². The van der Waals surface area contributed by atoms with E-state index in [0.717, 1.165) is 32.1 Å². The summed E-state index contributed by atoms with van der Waals surface area (Å²) in [7, 11) is -2.29. The first-order valence-electron chi connectivity index (χ1n) is 5.83. The first-order valence-corrected chi connectivity index (χ1v) is 8.91. The predicted molar refractivity (Wildman–Crippen MR) is 63.0 cm³/mol. The molecule has 0 aromatic carbocycles. The lowest BCUT2D eigenvalue weighted by molar-refractivity contribution is 0.127. The van der Waals surface area contributed by atoms with Crippen LogP contribution in [0, 0.1) is 0 Å². The summed E-state index contributed by atoms with van der Waals surface area (Å²) in [4.78, 5) is 0. The average Bonchev–Trinajstić information content (AvgIpc) is 2.08. The number of ether oxygens (including phenoxy) is 1. The number of hydrogen-bond donors (Lipinski definition) is 0. The minimum atomic E-state index is -2.29. The molecule has 0 atom stereocenters. The third-order valence-corrected chi connectivity index (χ3v) is 3.74. The van der Waals surface area contributed by atoms with E-state index in [4.69, 9.17) is 4.74 Å². The molecule has 0 radical (unpaired) electrons. The van der Waals surface area contributed by atoms with Crippen LogP contribution in [0.1, 0.15) is 39.0 Å². The summed E-state index contributed by atoms with van der Waals surface area (Å²) in [5.74, 6) is 0. The van der Waals surface area contributed by atoms with Crippen LogP contribution < -0.4 is 0 Å². The Morgan fingerprint density at radius 2 is 1.57 bits per heavy atom. The molecular weight excluding hydrogens is 195 g/mol. The number of hydrogen-bond acceptors (Lipinski definition) is 1. The number of halogens is 1. The highest BCUT2D eigenvalue weighted by atomic mass is 28.4. The maximum atomic E-state index is 13.2. The Bertz CT molecular complexity index is 123. The molecule has 0 saturated heterocycles. The summed E-state index contributed by atoms with van der Waals surface area (Å²) < 4.78 is 18.6. The van der Waals surface area contributed by atoms with Crippen molar-refractivity contribution >= 4 is 8.41 Å². The lowest BCUT2D eigenvalue weighted by Crippen LogP contribution is -2.17. The van der Waals surface area contributed by atoms with Crippen molar-refractivity contribution in [1.82, 2.24) is 0 Å². The fourth-order valence-electron chi connectivity index (χ4n) is 1.31. The molecule has 0 aliphatic rings. The molecule has 0 aromatic rings. The van der Waals surface area contributed by atoms with Crippen LogP contribution in [-0.4, -0.2) is 21.6 Å². The van der Waals surface area contributed by atoms with Gasteiger partial charge in [0.05, 0.1) is 0 Å². The molecule has 0 N–H and O–H groups in total. The van der Waals surface area contributed by atoms with E-state index in [1.807, 2.05) is 0 Å². The van der Waals surface area contributed by atoms with Gasteiger partial charge in [0.15, 0.2) is 0 Å². The summed E-state index contributed by atoms with van der Waals surface area (Å²) in [5, 5.41) is 0. The van der Waals surface area contributed by atoms with Gasteiger partial charge < -0.3 is 8.84 Å². The first-order chi connectivity index (χ1) is 6.56. The predicted octanol–water partition coefficient (Wildman–Crippen LogP) is 4.15. The second kappa shape index (κ2) is 8.42. The number of rotatable bonds is 9. The summed E-state index contributed by atoms with van der Waals surface area (Å²) in [6.07, 6.45) is 5.67. The summed E-state index contributed by atoms with van der Waals surface area (Å²) >= 11 is 0. The van der Waals surface area contributed by atoms with Crippen LogP contribution in [0.15, 0.2) is 0 Å². The molecule has 0 amide bonds. The van der Waals surface area contributed by atoms with E-state index in [1.165, 1.54) is 19.3 Å². The Hall–Kier alpha value is 0.107. The normalized spacial score (nSPS) is 12.0.